The Morgan fingerprint density at radius 2 is 1.96 bits per heavy atom. The molecule has 3 aromatic heterocycles. The van der Waals surface area contributed by atoms with Crippen LogP contribution in [-0.4, -0.2) is 30.5 Å². The number of nitrogens with two attached hydrogens (primary N) is 2. The Balaban J connectivity index is 2.23. The van der Waals surface area contributed by atoms with Gasteiger partial charge in [0.1, 0.15) is 28.2 Å². The average molecular weight is 348 g/mol. The summed E-state index contributed by atoms with van der Waals surface area (Å²) >= 11 is 0. The van der Waals surface area contributed by atoms with Crippen molar-refractivity contribution in [2.45, 2.75) is 13.8 Å². The van der Waals surface area contributed by atoms with E-state index in [1.54, 1.807) is 42.0 Å². The summed E-state index contributed by atoms with van der Waals surface area (Å²) in [6.45, 7) is 3.65. The van der Waals surface area contributed by atoms with E-state index in [9.17, 15) is 9.90 Å². The number of carbonyl (C=O) groups excluding carboxylic acids is 1. The number of benzene rings is 1. The summed E-state index contributed by atoms with van der Waals surface area (Å²) < 4.78 is 1.61. The van der Waals surface area contributed by atoms with Crippen LogP contribution in [0.15, 0.2) is 30.5 Å². The van der Waals surface area contributed by atoms with Crippen molar-refractivity contribution in [2.75, 3.05) is 5.73 Å². The number of aromatic hydroxyl groups is 1. The summed E-state index contributed by atoms with van der Waals surface area (Å²) in [6, 6.07) is 6.90. The van der Waals surface area contributed by atoms with Gasteiger partial charge in [-0.15, -0.1) is 0 Å². The summed E-state index contributed by atoms with van der Waals surface area (Å²) in [4.78, 5) is 25.3. The SMILES string of the molecule is Cc1ccc(O)c(C)c1-n1c(N)c(C(N)=O)c2nc3ncccc3nc21. The number of rotatable bonds is 2. The first-order valence-corrected chi connectivity index (χ1v) is 7.92. The molecule has 0 radical (unpaired) electrons. The van der Waals surface area contributed by atoms with Crippen molar-refractivity contribution in [1.82, 2.24) is 19.5 Å². The van der Waals surface area contributed by atoms with Gasteiger partial charge in [0.05, 0.1) is 5.69 Å². The Bertz CT molecular complexity index is 1210. The van der Waals surface area contributed by atoms with Crippen LogP contribution in [0.4, 0.5) is 5.82 Å². The second kappa shape index (κ2) is 5.41. The minimum Gasteiger partial charge on any atom is -0.508 e. The topological polar surface area (TPSA) is 133 Å². The van der Waals surface area contributed by atoms with Gasteiger partial charge in [-0.3, -0.25) is 9.36 Å². The highest BCUT2D eigenvalue weighted by Crippen LogP contribution is 2.35. The number of phenolic OH excluding ortho intramolecular Hbond substituents is 1. The molecule has 0 spiro atoms. The molecule has 0 saturated heterocycles. The Morgan fingerprint density at radius 1 is 1.19 bits per heavy atom. The van der Waals surface area contributed by atoms with Crippen LogP contribution in [0.1, 0.15) is 21.5 Å². The molecule has 5 N–H and O–H groups in total. The molecule has 0 bridgehead atoms. The van der Waals surface area contributed by atoms with Gasteiger partial charge in [-0.1, -0.05) is 6.07 Å². The van der Waals surface area contributed by atoms with Gasteiger partial charge in [-0.2, -0.15) is 0 Å². The fraction of sp³-hybridized carbons (Fsp3) is 0.111. The molecule has 8 nitrogen and oxygen atoms in total. The lowest BCUT2D eigenvalue weighted by molar-refractivity contribution is 0.100. The maximum atomic E-state index is 12.0. The van der Waals surface area contributed by atoms with Crippen molar-refractivity contribution in [1.29, 1.82) is 0 Å². The number of anilines is 1. The van der Waals surface area contributed by atoms with E-state index in [0.29, 0.717) is 28.1 Å². The molecule has 3 heterocycles. The van der Waals surface area contributed by atoms with Gasteiger partial charge in [0.15, 0.2) is 11.3 Å². The van der Waals surface area contributed by atoms with Crippen molar-refractivity contribution >= 4 is 34.1 Å². The maximum Gasteiger partial charge on any atom is 0.254 e. The number of fused-ring (bicyclic) bond motifs is 2. The lowest BCUT2D eigenvalue weighted by Gasteiger charge is -2.15. The zero-order valence-electron chi connectivity index (χ0n) is 14.2. The third-order valence-corrected chi connectivity index (χ3v) is 4.44. The van der Waals surface area contributed by atoms with Gasteiger partial charge in [0, 0.05) is 11.8 Å². The lowest BCUT2D eigenvalue weighted by Crippen LogP contribution is -2.14. The molecular weight excluding hydrogens is 332 g/mol. The van der Waals surface area contributed by atoms with E-state index < -0.39 is 5.91 Å². The molecule has 1 amide bonds. The molecule has 130 valence electrons. The summed E-state index contributed by atoms with van der Waals surface area (Å²) in [6.07, 6.45) is 1.59. The van der Waals surface area contributed by atoms with Gasteiger partial charge >= 0.3 is 0 Å². The number of nitrogen functional groups attached to an aromatic ring is 1. The van der Waals surface area contributed by atoms with Gasteiger partial charge < -0.3 is 16.6 Å². The Morgan fingerprint density at radius 3 is 2.69 bits per heavy atom. The molecule has 4 aromatic rings. The number of pyridine rings is 1. The first kappa shape index (κ1) is 15.8. The number of hydrogen-bond acceptors (Lipinski definition) is 6. The van der Waals surface area contributed by atoms with Crippen LogP contribution in [0.3, 0.4) is 0 Å². The maximum absolute atomic E-state index is 12.0. The van der Waals surface area contributed by atoms with E-state index in [4.69, 9.17) is 11.5 Å². The largest absolute Gasteiger partial charge is 0.508 e. The van der Waals surface area contributed by atoms with E-state index in [1.807, 2.05) is 6.92 Å². The Hall–Kier alpha value is -3.68. The van der Waals surface area contributed by atoms with Gasteiger partial charge in [-0.05, 0) is 37.6 Å². The number of nitrogens with zero attached hydrogens (tertiary/aromatic N) is 4. The van der Waals surface area contributed by atoms with Crippen LogP contribution in [0.2, 0.25) is 0 Å². The Labute approximate surface area is 148 Å². The highest BCUT2D eigenvalue weighted by Gasteiger charge is 2.25. The summed E-state index contributed by atoms with van der Waals surface area (Å²) in [7, 11) is 0. The standard InChI is InChI=1S/C18H16N6O2/c1-8-5-6-11(25)9(2)14(8)24-15(19)12(16(20)26)13-18(24)22-10-4-3-7-21-17(10)23-13/h3-7,25H,19H2,1-2H3,(H2,20,26). The molecule has 0 fully saturated rings. The number of hydrogen-bond donors (Lipinski definition) is 3. The van der Waals surface area contributed by atoms with E-state index in [1.165, 1.54) is 0 Å². The number of phenols is 1. The zero-order valence-corrected chi connectivity index (χ0v) is 14.2. The summed E-state index contributed by atoms with van der Waals surface area (Å²) in [5, 5.41) is 10.1. The monoisotopic (exact) mass is 348 g/mol. The average Bonchev–Trinajstić information content (AvgIpc) is 2.88. The molecule has 26 heavy (non-hydrogen) atoms. The molecule has 8 heteroatoms. The van der Waals surface area contributed by atoms with E-state index in [2.05, 4.69) is 15.0 Å². The van der Waals surface area contributed by atoms with E-state index >= 15 is 0 Å². The molecule has 0 atom stereocenters. The van der Waals surface area contributed by atoms with Crippen molar-refractivity contribution in [2.24, 2.45) is 5.73 Å². The molecular formula is C18H16N6O2. The molecule has 4 rings (SSSR count). The summed E-state index contributed by atoms with van der Waals surface area (Å²) in [5.41, 5.74) is 15.6. The number of aryl methyl sites for hydroxylation is 1. The number of aromatic nitrogens is 4. The van der Waals surface area contributed by atoms with E-state index in [-0.39, 0.29) is 22.6 Å². The van der Waals surface area contributed by atoms with Crippen molar-refractivity contribution in [3.8, 4) is 11.4 Å². The molecule has 1 aromatic carbocycles. The molecule has 0 unspecified atom stereocenters. The van der Waals surface area contributed by atoms with Crippen LogP contribution in [0.5, 0.6) is 5.75 Å². The van der Waals surface area contributed by atoms with Gasteiger partial charge in [-0.25, -0.2) is 15.0 Å². The second-order valence-electron chi connectivity index (χ2n) is 6.08. The van der Waals surface area contributed by atoms with Crippen LogP contribution in [-0.2, 0) is 0 Å². The van der Waals surface area contributed by atoms with Crippen LogP contribution < -0.4 is 11.5 Å². The Kier molecular flexibility index (Phi) is 3.30. The van der Waals surface area contributed by atoms with E-state index in [0.717, 1.165) is 5.56 Å². The minimum absolute atomic E-state index is 0.0854. The highest BCUT2D eigenvalue weighted by molar-refractivity contribution is 6.10. The number of amides is 1. The van der Waals surface area contributed by atoms with Crippen molar-refractivity contribution in [3.05, 3.63) is 47.2 Å². The quantitative estimate of drug-likeness (QED) is 0.507. The predicted molar refractivity (Wildman–Crippen MR) is 98.2 cm³/mol. The second-order valence-corrected chi connectivity index (χ2v) is 6.08. The highest BCUT2D eigenvalue weighted by atomic mass is 16.3. The fourth-order valence-corrected chi connectivity index (χ4v) is 3.19. The van der Waals surface area contributed by atoms with Gasteiger partial charge in [0.25, 0.3) is 5.91 Å². The predicted octanol–water partition coefficient (Wildman–Crippen LogP) is 1.97. The molecule has 0 aliphatic carbocycles. The third kappa shape index (κ3) is 2.08. The van der Waals surface area contributed by atoms with Crippen molar-refractivity contribution < 1.29 is 9.90 Å². The normalized spacial score (nSPS) is 11.3. The fourth-order valence-electron chi connectivity index (χ4n) is 3.19. The number of primary amides is 1. The number of carbonyl (C=O) groups is 1. The van der Waals surface area contributed by atoms with Crippen LogP contribution in [0.25, 0.3) is 28.0 Å². The van der Waals surface area contributed by atoms with Crippen LogP contribution in [0, 0.1) is 13.8 Å². The molecule has 0 aliphatic rings. The smallest absolute Gasteiger partial charge is 0.254 e. The summed E-state index contributed by atoms with van der Waals surface area (Å²) in [5.74, 6) is -0.464. The van der Waals surface area contributed by atoms with Gasteiger partial charge in [0.2, 0.25) is 0 Å². The zero-order chi connectivity index (χ0) is 18.6. The third-order valence-electron chi connectivity index (χ3n) is 4.44. The minimum atomic E-state index is -0.703. The first-order chi connectivity index (χ1) is 12.4. The van der Waals surface area contributed by atoms with Crippen LogP contribution >= 0.6 is 0 Å². The van der Waals surface area contributed by atoms with Crippen molar-refractivity contribution in [3.63, 3.8) is 0 Å². The lowest BCUT2D eigenvalue weighted by atomic mass is 10.1. The first-order valence-electron chi connectivity index (χ1n) is 7.92. The molecule has 0 saturated carbocycles. The molecule has 0 aliphatic heterocycles.